The molecule has 2 heterocycles. The second-order valence-corrected chi connectivity index (χ2v) is 8.39. The Bertz CT molecular complexity index is 720. The Hall–Kier alpha value is -1.38. The van der Waals surface area contributed by atoms with E-state index in [1.165, 1.54) is 0 Å². The van der Waals surface area contributed by atoms with Gasteiger partial charge in [0.05, 0.1) is 36.3 Å². The van der Waals surface area contributed by atoms with Gasteiger partial charge in [-0.25, -0.2) is 0 Å². The highest BCUT2D eigenvalue weighted by Gasteiger charge is 2.25. The van der Waals surface area contributed by atoms with Gasteiger partial charge in [0.2, 0.25) is 11.8 Å². The molecule has 2 aliphatic heterocycles. The fourth-order valence-electron chi connectivity index (χ4n) is 3.60. The number of likely N-dealkylation sites (N-methyl/N-ethyl adjacent to an activating group) is 1. The topological polar surface area (TPSA) is 56.3 Å². The molecule has 1 aromatic rings. The predicted molar refractivity (Wildman–Crippen MR) is 113 cm³/mol. The number of rotatable bonds is 6. The molecule has 2 aliphatic rings. The van der Waals surface area contributed by atoms with E-state index in [-0.39, 0.29) is 11.8 Å². The van der Waals surface area contributed by atoms with Crippen LogP contribution in [0.25, 0.3) is 0 Å². The summed E-state index contributed by atoms with van der Waals surface area (Å²) in [6.45, 7) is 6.68. The van der Waals surface area contributed by atoms with Crippen LogP contribution in [0.5, 0.6) is 0 Å². The van der Waals surface area contributed by atoms with Gasteiger partial charge in [0.1, 0.15) is 0 Å². The molecule has 0 N–H and O–H groups in total. The number of carbonyl (C=O) groups is 2. The molecule has 0 unspecified atom stereocenters. The van der Waals surface area contributed by atoms with Gasteiger partial charge >= 0.3 is 0 Å². The molecule has 2 amide bonds. The summed E-state index contributed by atoms with van der Waals surface area (Å²) in [5.41, 5.74) is 1.01. The average molecular weight is 443 g/mol. The summed E-state index contributed by atoms with van der Waals surface area (Å²) in [4.78, 5) is 32.8. The lowest BCUT2D eigenvalue weighted by Crippen LogP contribution is -2.53. The molecule has 0 radical (unpaired) electrons. The van der Waals surface area contributed by atoms with Crippen molar-refractivity contribution in [3.05, 3.63) is 33.8 Å². The molecular formula is C20H28Cl2N4O3. The second kappa shape index (κ2) is 10.6. The van der Waals surface area contributed by atoms with Crippen LogP contribution in [0.3, 0.4) is 0 Å². The van der Waals surface area contributed by atoms with Crippen molar-refractivity contribution in [1.82, 2.24) is 19.6 Å². The molecule has 0 aliphatic carbocycles. The van der Waals surface area contributed by atoms with E-state index in [1.54, 1.807) is 6.07 Å². The first-order valence-electron chi connectivity index (χ1n) is 9.90. The van der Waals surface area contributed by atoms with E-state index in [0.29, 0.717) is 69.1 Å². The normalized spacial score (nSPS) is 18.3. The van der Waals surface area contributed by atoms with Gasteiger partial charge < -0.3 is 14.5 Å². The molecule has 29 heavy (non-hydrogen) atoms. The zero-order valence-corrected chi connectivity index (χ0v) is 18.3. The van der Waals surface area contributed by atoms with E-state index in [1.807, 2.05) is 33.9 Å². The minimum absolute atomic E-state index is 0.103. The van der Waals surface area contributed by atoms with Gasteiger partial charge in [-0.15, -0.1) is 0 Å². The number of benzene rings is 1. The molecule has 0 saturated carbocycles. The van der Waals surface area contributed by atoms with Crippen molar-refractivity contribution in [3.63, 3.8) is 0 Å². The summed E-state index contributed by atoms with van der Waals surface area (Å²) in [7, 11) is 1.91. The van der Waals surface area contributed by atoms with Crippen LogP contribution in [0.15, 0.2) is 18.2 Å². The van der Waals surface area contributed by atoms with Gasteiger partial charge in [0.25, 0.3) is 0 Å². The van der Waals surface area contributed by atoms with Gasteiger partial charge in [-0.1, -0.05) is 29.3 Å². The van der Waals surface area contributed by atoms with Crippen LogP contribution in [-0.2, 0) is 20.9 Å². The Morgan fingerprint density at radius 1 is 0.966 bits per heavy atom. The molecule has 160 valence electrons. The molecule has 7 nitrogen and oxygen atoms in total. The van der Waals surface area contributed by atoms with Crippen LogP contribution in [0.1, 0.15) is 5.56 Å². The molecule has 3 rings (SSSR count). The average Bonchev–Trinajstić information content (AvgIpc) is 2.72. The Labute approximate surface area is 182 Å². The minimum Gasteiger partial charge on any atom is -0.378 e. The van der Waals surface area contributed by atoms with Gasteiger partial charge in [-0.2, -0.15) is 0 Å². The Morgan fingerprint density at radius 2 is 1.62 bits per heavy atom. The maximum atomic E-state index is 12.6. The van der Waals surface area contributed by atoms with Crippen molar-refractivity contribution in [2.24, 2.45) is 0 Å². The summed E-state index contributed by atoms with van der Waals surface area (Å²) in [5, 5.41) is 1.05. The minimum atomic E-state index is 0.103. The standard InChI is InChI=1S/C20H28Cl2N4O3/c1-23(13-16-2-3-17(21)18(22)12-16)14-19(27)25-6-4-24(5-7-25)15-20(28)26-8-10-29-11-9-26/h2-3,12H,4-11,13-15H2,1H3. The van der Waals surface area contributed by atoms with Crippen molar-refractivity contribution in [2.45, 2.75) is 6.54 Å². The predicted octanol–water partition coefficient (Wildman–Crippen LogP) is 1.43. The number of hydrogen-bond donors (Lipinski definition) is 0. The van der Waals surface area contributed by atoms with E-state index >= 15 is 0 Å². The zero-order chi connectivity index (χ0) is 20.8. The van der Waals surface area contributed by atoms with Crippen molar-refractivity contribution in [1.29, 1.82) is 0 Å². The molecule has 0 bridgehead atoms. The summed E-state index contributed by atoms with van der Waals surface area (Å²) in [5.74, 6) is 0.251. The molecule has 1 aromatic carbocycles. The Morgan fingerprint density at radius 3 is 2.28 bits per heavy atom. The number of nitrogens with zero attached hydrogens (tertiary/aromatic N) is 4. The maximum Gasteiger partial charge on any atom is 0.236 e. The Balaban J connectivity index is 1.39. The van der Waals surface area contributed by atoms with Crippen LogP contribution >= 0.6 is 23.2 Å². The van der Waals surface area contributed by atoms with Crippen LogP contribution < -0.4 is 0 Å². The summed E-state index contributed by atoms with van der Waals surface area (Å²) >= 11 is 12.0. The Kier molecular flexibility index (Phi) is 8.15. The van der Waals surface area contributed by atoms with Crippen molar-refractivity contribution >= 4 is 35.0 Å². The van der Waals surface area contributed by atoms with Crippen LogP contribution in [-0.4, -0.2) is 104 Å². The highest BCUT2D eigenvalue weighted by molar-refractivity contribution is 6.42. The van der Waals surface area contributed by atoms with E-state index in [0.717, 1.165) is 18.7 Å². The van der Waals surface area contributed by atoms with Gasteiger partial charge in [-0.05, 0) is 24.7 Å². The zero-order valence-electron chi connectivity index (χ0n) is 16.8. The lowest BCUT2D eigenvalue weighted by molar-refractivity contribution is -0.138. The highest BCUT2D eigenvalue weighted by atomic mass is 35.5. The smallest absolute Gasteiger partial charge is 0.236 e. The molecule has 0 spiro atoms. The van der Waals surface area contributed by atoms with Gasteiger partial charge in [0, 0.05) is 45.8 Å². The summed E-state index contributed by atoms with van der Waals surface area (Å²) in [6.07, 6.45) is 0. The number of halogens is 2. The van der Waals surface area contributed by atoms with Crippen LogP contribution in [0.4, 0.5) is 0 Å². The monoisotopic (exact) mass is 442 g/mol. The molecule has 0 atom stereocenters. The van der Waals surface area contributed by atoms with Crippen LogP contribution in [0.2, 0.25) is 10.0 Å². The van der Waals surface area contributed by atoms with Crippen molar-refractivity contribution in [2.75, 3.05) is 72.6 Å². The molecule has 9 heteroatoms. The maximum absolute atomic E-state index is 12.6. The van der Waals surface area contributed by atoms with Crippen LogP contribution in [0, 0.1) is 0 Å². The third kappa shape index (κ3) is 6.55. The van der Waals surface area contributed by atoms with E-state index in [4.69, 9.17) is 27.9 Å². The number of carbonyl (C=O) groups excluding carboxylic acids is 2. The number of piperazine rings is 1. The quantitative estimate of drug-likeness (QED) is 0.666. The molecule has 0 aromatic heterocycles. The number of morpholine rings is 1. The highest BCUT2D eigenvalue weighted by Crippen LogP contribution is 2.23. The fraction of sp³-hybridized carbons (Fsp3) is 0.600. The third-order valence-electron chi connectivity index (χ3n) is 5.29. The van der Waals surface area contributed by atoms with E-state index in [2.05, 4.69) is 4.90 Å². The molecular weight excluding hydrogens is 415 g/mol. The molecule has 2 saturated heterocycles. The van der Waals surface area contributed by atoms with Crippen molar-refractivity contribution < 1.29 is 14.3 Å². The number of ether oxygens (including phenoxy) is 1. The van der Waals surface area contributed by atoms with Gasteiger partial charge in [0.15, 0.2) is 0 Å². The lowest BCUT2D eigenvalue weighted by atomic mass is 10.2. The lowest BCUT2D eigenvalue weighted by Gasteiger charge is -2.36. The van der Waals surface area contributed by atoms with Gasteiger partial charge in [-0.3, -0.25) is 19.4 Å². The fourth-order valence-corrected chi connectivity index (χ4v) is 3.92. The number of amides is 2. The number of hydrogen-bond acceptors (Lipinski definition) is 5. The largest absolute Gasteiger partial charge is 0.378 e. The van der Waals surface area contributed by atoms with E-state index in [9.17, 15) is 9.59 Å². The summed E-state index contributed by atoms with van der Waals surface area (Å²) < 4.78 is 5.29. The summed E-state index contributed by atoms with van der Waals surface area (Å²) in [6, 6.07) is 5.51. The third-order valence-corrected chi connectivity index (χ3v) is 6.03. The second-order valence-electron chi connectivity index (χ2n) is 7.57. The first-order valence-corrected chi connectivity index (χ1v) is 10.7. The van der Waals surface area contributed by atoms with Crippen molar-refractivity contribution in [3.8, 4) is 0 Å². The SMILES string of the molecule is CN(CC(=O)N1CCN(CC(=O)N2CCOCC2)CC1)Cc1ccc(Cl)c(Cl)c1. The molecule has 2 fully saturated rings. The first-order chi connectivity index (χ1) is 13.9. The first kappa shape index (κ1) is 22.3. The van der Waals surface area contributed by atoms with E-state index < -0.39 is 0 Å².